The van der Waals surface area contributed by atoms with Gasteiger partial charge in [-0.2, -0.15) is 0 Å². The number of rotatable bonds is 3. The van der Waals surface area contributed by atoms with Gasteiger partial charge in [-0.1, -0.05) is 18.2 Å². The van der Waals surface area contributed by atoms with Gasteiger partial charge in [0.2, 0.25) is 0 Å². The Bertz CT molecular complexity index is 787. The Morgan fingerprint density at radius 1 is 1.16 bits per heavy atom. The van der Waals surface area contributed by atoms with Gasteiger partial charge in [-0.3, -0.25) is 4.79 Å². The van der Waals surface area contributed by atoms with Gasteiger partial charge >= 0.3 is 6.03 Å². The van der Waals surface area contributed by atoms with Crippen molar-refractivity contribution in [2.75, 3.05) is 5.32 Å². The molecule has 2 aromatic rings. The lowest BCUT2D eigenvalue weighted by molar-refractivity contribution is 0.0899. The number of amides is 3. The molecule has 25 heavy (non-hydrogen) atoms. The van der Waals surface area contributed by atoms with E-state index < -0.39 is 0 Å². The van der Waals surface area contributed by atoms with Crippen LogP contribution in [-0.2, 0) is 0 Å². The van der Waals surface area contributed by atoms with Crippen LogP contribution in [0.3, 0.4) is 0 Å². The van der Waals surface area contributed by atoms with E-state index in [1.54, 1.807) is 12.1 Å². The molecule has 2 saturated heterocycles. The number of nitrogens with one attached hydrogen (secondary N) is 2. The molecular weight excluding hydrogens is 318 g/mol. The van der Waals surface area contributed by atoms with Crippen molar-refractivity contribution in [2.24, 2.45) is 0 Å². The zero-order chi connectivity index (χ0) is 17.4. The number of urea groups is 1. The molecule has 2 aliphatic heterocycles. The van der Waals surface area contributed by atoms with E-state index in [9.17, 15) is 9.59 Å². The van der Waals surface area contributed by atoms with Crippen molar-refractivity contribution < 1.29 is 14.0 Å². The molecule has 2 N–H and O–H groups in total. The number of nitrogens with zero attached hydrogens (tertiary/aromatic N) is 1. The van der Waals surface area contributed by atoms with Crippen molar-refractivity contribution >= 4 is 17.6 Å². The van der Waals surface area contributed by atoms with Crippen molar-refractivity contribution in [1.29, 1.82) is 0 Å². The van der Waals surface area contributed by atoms with Gasteiger partial charge in [0.15, 0.2) is 5.76 Å². The van der Waals surface area contributed by atoms with Crippen LogP contribution in [0.2, 0.25) is 0 Å². The Morgan fingerprint density at radius 2 is 2.00 bits per heavy atom. The van der Waals surface area contributed by atoms with Crippen LogP contribution in [0.4, 0.5) is 10.5 Å². The number of carbonyl (C=O) groups excluding carboxylic acids is 2. The summed E-state index contributed by atoms with van der Waals surface area (Å²) in [6.07, 6.45) is 4.17. The van der Waals surface area contributed by atoms with Gasteiger partial charge in [-0.15, -0.1) is 0 Å². The molecule has 6 heteroatoms. The number of hydrogen-bond donors (Lipinski definition) is 2. The normalized spacial score (nSPS) is 24.4. The molecular formula is C19H21N3O3. The molecule has 0 radical (unpaired) electrons. The molecule has 0 spiro atoms. The van der Waals surface area contributed by atoms with Crippen LogP contribution in [-0.4, -0.2) is 35.0 Å². The summed E-state index contributed by atoms with van der Waals surface area (Å²) in [5.74, 6) is 0.0838. The van der Waals surface area contributed by atoms with Crippen molar-refractivity contribution in [2.45, 2.75) is 44.3 Å². The van der Waals surface area contributed by atoms with Crippen LogP contribution >= 0.6 is 0 Å². The zero-order valence-electron chi connectivity index (χ0n) is 14.1. The van der Waals surface area contributed by atoms with E-state index in [1.165, 1.54) is 6.26 Å². The van der Waals surface area contributed by atoms with Crippen LogP contribution in [0.1, 0.15) is 35.4 Å². The molecule has 3 unspecified atom stereocenters. The Morgan fingerprint density at radius 3 is 2.76 bits per heavy atom. The largest absolute Gasteiger partial charge is 0.459 e. The minimum Gasteiger partial charge on any atom is -0.459 e. The molecule has 0 aliphatic carbocycles. The smallest absolute Gasteiger partial charge is 0.322 e. The predicted octanol–water partition coefficient (Wildman–Crippen LogP) is 3.16. The predicted molar refractivity (Wildman–Crippen MR) is 93.4 cm³/mol. The van der Waals surface area contributed by atoms with Crippen LogP contribution < -0.4 is 10.6 Å². The van der Waals surface area contributed by atoms with Crippen molar-refractivity contribution in [3.8, 4) is 0 Å². The summed E-state index contributed by atoms with van der Waals surface area (Å²) < 4.78 is 5.15. The number of furan rings is 1. The molecule has 130 valence electrons. The highest BCUT2D eigenvalue weighted by Crippen LogP contribution is 2.38. The number of anilines is 1. The first-order chi connectivity index (χ1) is 12.1. The lowest BCUT2D eigenvalue weighted by atomic mass is 9.95. The SMILES string of the molecule is Cc1ccccc1NC(=O)N1C2CCC1C(NC(=O)c1ccco1)C2. The minimum absolute atomic E-state index is 0.0287. The summed E-state index contributed by atoms with van der Waals surface area (Å²) in [4.78, 5) is 26.9. The Balaban J connectivity index is 1.44. The number of benzene rings is 1. The lowest BCUT2D eigenvalue weighted by Gasteiger charge is -2.25. The summed E-state index contributed by atoms with van der Waals surface area (Å²) in [5.41, 5.74) is 1.86. The fraction of sp³-hybridized carbons (Fsp3) is 0.368. The second-order valence-electron chi connectivity index (χ2n) is 6.74. The highest BCUT2D eigenvalue weighted by atomic mass is 16.3. The van der Waals surface area contributed by atoms with E-state index in [0.29, 0.717) is 5.76 Å². The number of hydrogen-bond acceptors (Lipinski definition) is 3. The molecule has 2 aliphatic rings. The topological polar surface area (TPSA) is 74.6 Å². The van der Waals surface area contributed by atoms with Crippen molar-refractivity contribution in [1.82, 2.24) is 10.2 Å². The van der Waals surface area contributed by atoms with E-state index in [-0.39, 0.29) is 30.1 Å². The Hall–Kier alpha value is -2.76. The first-order valence-corrected chi connectivity index (χ1v) is 8.63. The van der Waals surface area contributed by atoms with Crippen LogP contribution in [0.5, 0.6) is 0 Å². The van der Waals surface area contributed by atoms with Gasteiger partial charge in [-0.05, 0) is 49.9 Å². The second kappa shape index (κ2) is 6.27. The molecule has 4 rings (SSSR count). The van der Waals surface area contributed by atoms with Gasteiger partial charge in [0.1, 0.15) is 0 Å². The third-order valence-corrected chi connectivity index (χ3v) is 5.22. The third-order valence-electron chi connectivity index (χ3n) is 5.22. The number of aryl methyl sites for hydroxylation is 1. The first-order valence-electron chi connectivity index (χ1n) is 8.63. The van der Waals surface area contributed by atoms with Crippen LogP contribution in [0, 0.1) is 6.92 Å². The first kappa shape index (κ1) is 15.7. The van der Waals surface area contributed by atoms with Gasteiger partial charge in [0.05, 0.1) is 18.3 Å². The summed E-state index contributed by atoms with van der Waals surface area (Å²) in [6, 6.07) is 11.2. The zero-order valence-corrected chi connectivity index (χ0v) is 14.1. The molecule has 3 atom stereocenters. The average Bonchev–Trinajstić information content (AvgIpc) is 3.32. The van der Waals surface area contributed by atoms with Crippen LogP contribution in [0.25, 0.3) is 0 Å². The third kappa shape index (κ3) is 2.88. The maximum Gasteiger partial charge on any atom is 0.322 e. The summed E-state index contributed by atoms with van der Waals surface area (Å²) in [5, 5.41) is 6.03. The molecule has 2 bridgehead atoms. The molecule has 1 aromatic heterocycles. The molecule has 3 heterocycles. The summed E-state index contributed by atoms with van der Waals surface area (Å²) in [6.45, 7) is 1.97. The standard InChI is InChI=1S/C19H21N3O3/c1-12-5-2-3-6-14(12)21-19(24)22-13-8-9-16(22)15(11-13)20-18(23)17-7-4-10-25-17/h2-7,10,13,15-16H,8-9,11H2,1H3,(H,20,23)(H,21,24). The van der Waals surface area contributed by atoms with Gasteiger partial charge in [-0.25, -0.2) is 4.79 Å². The summed E-state index contributed by atoms with van der Waals surface area (Å²) >= 11 is 0. The van der Waals surface area contributed by atoms with Gasteiger partial charge in [0, 0.05) is 11.7 Å². The highest BCUT2D eigenvalue weighted by Gasteiger charge is 2.49. The van der Waals surface area contributed by atoms with Gasteiger partial charge < -0.3 is 20.0 Å². The average molecular weight is 339 g/mol. The molecule has 1 aromatic carbocycles. The monoisotopic (exact) mass is 339 g/mol. The second-order valence-corrected chi connectivity index (χ2v) is 6.74. The molecule has 3 amide bonds. The Labute approximate surface area is 146 Å². The number of para-hydroxylation sites is 1. The number of carbonyl (C=O) groups is 2. The minimum atomic E-state index is -0.221. The van der Waals surface area contributed by atoms with E-state index in [4.69, 9.17) is 4.42 Å². The summed E-state index contributed by atoms with van der Waals surface area (Å²) in [7, 11) is 0. The van der Waals surface area contributed by atoms with E-state index in [1.807, 2.05) is 36.1 Å². The molecule has 0 saturated carbocycles. The Kier molecular flexibility index (Phi) is 3.95. The quantitative estimate of drug-likeness (QED) is 0.902. The molecule has 2 fully saturated rings. The molecule has 6 nitrogen and oxygen atoms in total. The number of fused-ring (bicyclic) bond motifs is 2. The lowest BCUT2D eigenvalue weighted by Crippen LogP contribution is -2.46. The maximum atomic E-state index is 12.8. The fourth-order valence-corrected chi connectivity index (χ4v) is 4.00. The fourth-order valence-electron chi connectivity index (χ4n) is 4.00. The highest BCUT2D eigenvalue weighted by molar-refractivity contribution is 5.93. The van der Waals surface area contributed by atoms with Crippen LogP contribution in [0.15, 0.2) is 47.1 Å². The van der Waals surface area contributed by atoms with Crippen molar-refractivity contribution in [3.63, 3.8) is 0 Å². The van der Waals surface area contributed by atoms with Gasteiger partial charge in [0.25, 0.3) is 5.91 Å². The van der Waals surface area contributed by atoms with E-state index in [0.717, 1.165) is 30.5 Å². The van der Waals surface area contributed by atoms with E-state index in [2.05, 4.69) is 10.6 Å². The van der Waals surface area contributed by atoms with E-state index >= 15 is 0 Å². The van der Waals surface area contributed by atoms with Crippen molar-refractivity contribution in [3.05, 3.63) is 54.0 Å². The maximum absolute atomic E-state index is 12.8.